The van der Waals surface area contributed by atoms with Crippen molar-refractivity contribution in [1.82, 2.24) is 9.97 Å². The van der Waals surface area contributed by atoms with Crippen molar-refractivity contribution >= 4 is 21.4 Å². The normalized spacial score (nSPS) is 11.4. The molecule has 1 aromatic carbocycles. The number of anilines is 2. The van der Waals surface area contributed by atoms with Crippen molar-refractivity contribution in [2.75, 3.05) is 17.6 Å². The number of primary sulfonamides is 1. The smallest absolute Gasteiger partial charge is 0.240 e. The largest absolute Gasteiger partial charge is 0.396 e. The summed E-state index contributed by atoms with van der Waals surface area (Å²) in [7, 11) is -3.80. The first-order valence-electron chi connectivity index (χ1n) is 6.12. The molecule has 0 aliphatic rings. The highest BCUT2D eigenvalue weighted by molar-refractivity contribution is 7.89. The number of para-hydroxylation sites is 1. The molecule has 0 radical (unpaired) electrons. The second kappa shape index (κ2) is 5.93. The number of nitrogens with two attached hydrogens (primary N) is 2. The van der Waals surface area contributed by atoms with Crippen molar-refractivity contribution in [3.05, 3.63) is 36.4 Å². The van der Waals surface area contributed by atoms with Gasteiger partial charge in [0.15, 0.2) is 0 Å². The second-order valence-corrected chi connectivity index (χ2v) is 5.86. The third kappa shape index (κ3) is 3.49. The predicted octanol–water partition coefficient (Wildman–Crippen LogP) is 0.684. The number of aromatic amines is 1. The van der Waals surface area contributed by atoms with Crippen LogP contribution in [0, 0.1) is 0 Å². The van der Waals surface area contributed by atoms with Crippen molar-refractivity contribution in [2.24, 2.45) is 5.14 Å². The maximum Gasteiger partial charge on any atom is 0.240 e. The quantitative estimate of drug-likeness (QED) is 0.460. The molecule has 0 saturated heterocycles. The van der Waals surface area contributed by atoms with Crippen LogP contribution in [0.2, 0.25) is 0 Å². The summed E-state index contributed by atoms with van der Waals surface area (Å²) in [5.74, 6) is 0.915. The van der Waals surface area contributed by atoms with Gasteiger partial charge in [-0.05, 0) is 18.6 Å². The highest BCUT2D eigenvalue weighted by Crippen LogP contribution is 2.25. The zero-order valence-electron chi connectivity index (χ0n) is 10.8. The number of nitrogens with one attached hydrogen (secondary N) is 2. The van der Waals surface area contributed by atoms with E-state index < -0.39 is 10.0 Å². The Kier molecular flexibility index (Phi) is 4.26. The molecule has 1 heterocycles. The van der Waals surface area contributed by atoms with Crippen LogP contribution in [-0.2, 0) is 16.4 Å². The Morgan fingerprint density at radius 3 is 2.80 bits per heavy atom. The Morgan fingerprint density at radius 2 is 2.15 bits per heavy atom. The Hall–Kier alpha value is -2.06. The molecule has 8 heteroatoms. The average molecular weight is 295 g/mol. The van der Waals surface area contributed by atoms with E-state index in [1.807, 2.05) is 0 Å². The average Bonchev–Trinajstić information content (AvgIpc) is 2.88. The van der Waals surface area contributed by atoms with E-state index in [1.165, 1.54) is 6.07 Å². The molecule has 0 spiro atoms. The van der Waals surface area contributed by atoms with E-state index in [0.717, 1.165) is 18.7 Å². The number of aryl methyl sites for hydroxylation is 1. The van der Waals surface area contributed by atoms with Crippen LogP contribution < -0.4 is 16.2 Å². The Labute approximate surface area is 117 Å². The van der Waals surface area contributed by atoms with Crippen molar-refractivity contribution in [2.45, 2.75) is 17.7 Å². The summed E-state index contributed by atoms with van der Waals surface area (Å²) in [5.41, 5.74) is 6.52. The fourth-order valence-electron chi connectivity index (χ4n) is 1.86. The van der Waals surface area contributed by atoms with Gasteiger partial charge in [0.25, 0.3) is 0 Å². The van der Waals surface area contributed by atoms with Crippen LogP contribution in [0.25, 0.3) is 0 Å². The van der Waals surface area contributed by atoms with Crippen molar-refractivity contribution < 1.29 is 8.42 Å². The van der Waals surface area contributed by atoms with Gasteiger partial charge in [-0.3, -0.25) is 0 Å². The van der Waals surface area contributed by atoms with Crippen LogP contribution in [0.5, 0.6) is 0 Å². The summed E-state index contributed by atoms with van der Waals surface area (Å²) in [6.45, 7) is 0.652. The van der Waals surface area contributed by atoms with Crippen molar-refractivity contribution in [3.8, 4) is 0 Å². The first-order valence-corrected chi connectivity index (χ1v) is 7.66. The molecule has 7 nitrogen and oxygen atoms in total. The highest BCUT2D eigenvalue weighted by Gasteiger charge is 2.14. The molecule has 0 amide bonds. The number of rotatable bonds is 6. The van der Waals surface area contributed by atoms with E-state index in [0.29, 0.717) is 12.2 Å². The first kappa shape index (κ1) is 14.4. The van der Waals surface area contributed by atoms with E-state index in [-0.39, 0.29) is 10.6 Å². The predicted molar refractivity (Wildman–Crippen MR) is 77.6 cm³/mol. The minimum absolute atomic E-state index is 0.0615. The molecule has 0 aliphatic carbocycles. The van der Waals surface area contributed by atoms with Crippen LogP contribution >= 0.6 is 0 Å². The van der Waals surface area contributed by atoms with Gasteiger partial charge in [0.05, 0.1) is 11.4 Å². The topological polar surface area (TPSA) is 127 Å². The minimum atomic E-state index is -3.80. The summed E-state index contributed by atoms with van der Waals surface area (Å²) < 4.78 is 22.7. The summed E-state index contributed by atoms with van der Waals surface area (Å²) in [6.07, 6.45) is 5.12. The molecule has 0 saturated carbocycles. The van der Waals surface area contributed by atoms with Crippen molar-refractivity contribution in [3.63, 3.8) is 0 Å². The van der Waals surface area contributed by atoms with Gasteiger partial charge < -0.3 is 16.0 Å². The Bertz CT molecular complexity index is 667. The SMILES string of the molecule is Nc1c(NCCCc2ncc[nH]2)cccc1S(N)(=O)=O. The summed E-state index contributed by atoms with van der Waals surface area (Å²) in [5, 5.41) is 8.20. The lowest BCUT2D eigenvalue weighted by Gasteiger charge is -2.11. The van der Waals surface area contributed by atoms with E-state index in [2.05, 4.69) is 15.3 Å². The lowest BCUT2D eigenvalue weighted by atomic mass is 10.2. The molecule has 108 valence electrons. The molecule has 6 N–H and O–H groups in total. The van der Waals surface area contributed by atoms with Crippen LogP contribution in [0.1, 0.15) is 12.2 Å². The molecule has 0 fully saturated rings. The number of nitrogen functional groups attached to an aromatic ring is 1. The van der Waals surface area contributed by atoms with Gasteiger partial charge >= 0.3 is 0 Å². The van der Waals surface area contributed by atoms with Crippen LogP contribution in [-0.4, -0.2) is 24.9 Å². The maximum absolute atomic E-state index is 11.3. The molecule has 2 aromatic rings. The molecule has 0 aliphatic heterocycles. The molecule has 0 unspecified atom stereocenters. The molecular formula is C12H17N5O2S. The molecule has 2 rings (SSSR count). The minimum Gasteiger partial charge on any atom is -0.396 e. The Morgan fingerprint density at radius 1 is 1.35 bits per heavy atom. The molecule has 0 bridgehead atoms. The zero-order valence-corrected chi connectivity index (χ0v) is 11.7. The van der Waals surface area contributed by atoms with E-state index >= 15 is 0 Å². The summed E-state index contributed by atoms with van der Waals surface area (Å²) in [6, 6.07) is 4.71. The maximum atomic E-state index is 11.3. The van der Waals surface area contributed by atoms with E-state index in [4.69, 9.17) is 10.9 Å². The molecular weight excluding hydrogens is 278 g/mol. The monoisotopic (exact) mass is 295 g/mol. The number of aromatic nitrogens is 2. The number of hydrogen-bond acceptors (Lipinski definition) is 5. The van der Waals surface area contributed by atoms with Crippen LogP contribution in [0.3, 0.4) is 0 Å². The fourth-order valence-corrected chi connectivity index (χ4v) is 2.54. The van der Waals surface area contributed by atoms with Gasteiger partial charge in [-0.15, -0.1) is 0 Å². The standard InChI is InChI=1S/C12H17N5O2S/c13-12-9(3-1-4-10(12)20(14,18)19)15-6-2-5-11-16-7-8-17-11/h1,3-4,7-8,15H,2,5-6,13H2,(H,16,17)(H2,14,18,19). The van der Waals surface area contributed by atoms with Crippen LogP contribution in [0.4, 0.5) is 11.4 Å². The van der Waals surface area contributed by atoms with Crippen LogP contribution in [0.15, 0.2) is 35.5 Å². The molecule has 0 atom stereocenters. The van der Waals surface area contributed by atoms with Gasteiger partial charge in [-0.25, -0.2) is 18.5 Å². The van der Waals surface area contributed by atoms with Gasteiger partial charge in [0.1, 0.15) is 10.7 Å². The zero-order chi connectivity index (χ0) is 14.6. The first-order chi connectivity index (χ1) is 9.48. The lowest BCUT2D eigenvalue weighted by Crippen LogP contribution is -2.15. The second-order valence-electron chi connectivity index (χ2n) is 4.33. The van der Waals surface area contributed by atoms with Gasteiger partial charge in [0.2, 0.25) is 10.0 Å². The number of benzene rings is 1. The van der Waals surface area contributed by atoms with Gasteiger partial charge in [-0.2, -0.15) is 0 Å². The molecule has 1 aromatic heterocycles. The number of imidazole rings is 1. The lowest BCUT2D eigenvalue weighted by molar-refractivity contribution is 0.598. The summed E-state index contributed by atoms with van der Waals surface area (Å²) >= 11 is 0. The number of sulfonamides is 1. The number of hydrogen-bond donors (Lipinski definition) is 4. The van der Waals surface area contributed by atoms with Gasteiger partial charge in [-0.1, -0.05) is 6.07 Å². The third-order valence-electron chi connectivity index (χ3n) is 2.83. The Balaban J connectivity index is 1.96. The number of nitrogens with zero attached hydrogens (tertiary/aromatic N) is 1. The summed E-state index contributed by atoms with van der Waals surface area (Å²) in [4.78, 5) is 7.08. The van der Waals surface area contributed by atoms with Gasteiger partial charge in [0, 0.05) is 25.4 Å². The van der Waals surface area contributed by atoms with Crippen molar-refractivity contribution in [1.29, 1.82) is 0 Å². The highest BCUT2D eigenvalue weighted by atomic mass is 32.2. The third-order valence-corrected chi connectivity index (χ3v) is 3.80. The molecule has 20 heavy (non-hydrogen) atoms. The number of H-pyrrole nitrogens is 1. The van der Waals surface area contributed by atoms with E-state index in [9.17, 15) is 8.42 Å². The fraction of sp³-hybridized carbons (Fsp3) is 0.250. The van der Waals surface area contributed by atoms with E-state index in [1.54, 1.807) is 24.5 Å².